The number of nitro groups is 1. The molecule has 6 nitrogen and oxygen atoms in total. The van der Waals surface area contributed by atoms with Crippen molar-refractivity contribution in [2.75, 3.05) is 0 Å². The lowest BCUT2D eigenvalue weighted by molar-refractivity contribution is -0.387. The van der Waals surface area contributed by atoms with Gasteiger partial charge in [0.1, 0.15) is 18.4 Å². The van der Waals surface area contributed by atoms with Gasteiger partial charge in [-0.3, -0.25) is 10.1 Å². The van der Waals surface area contributed by atoms with E-state index in [-0.39, 0.29) is 12.3 Å². The average molecular weight is 291 g/mol. The van der Waals surface area contributed by atoms with Crippen LogP contribution >= 0.6 is 0 Å². The van der Waals surface area contributed by atoms with Crippen LogP contribution in [0.2, 0.25) is 0 Å². The van der Waals surface area contributed by atoms with E-state index in [1.807, 2.05) is 6.07 Å². The van der Waals surface area contributed by atoms with Crippen LogP contribution in [-0.4, -0.2) is 9.91 Å². The van der Waals surface area contributed by atoms with Crippen LogP contribution in [0.15, 0.2) is 30.5 Å². The fourth-order valence-electron chi connectivity index (χ4n) is 1.55. The van der Waals surface area contributed by atoms with Crippen LogP contribution < -0.4 is 4.74 Å². The van der Waals surface area contributed by atoms with E-state index in [0.29, 0.717) is 17.7 Å². The zero-order chi connectivity index (χ0) is 15.4. The molecule has 0 atom stereocenters. The number of nitrogens with zero attached hydrogens (tertiary/aromatic N) is 3. The van der Waals surface area contributed by atoms with E-state index < -0.39 is 28.0 Å². The lowest BCUT2D eigenvalue weighted by Crippen LogP contribution is -2.01. The molecule has 0 aliphatic carbocycles. The van der Waals surface area contributed by atoms with Gasteiger partial charge in [-0.2, -0.15) is 9.65 Å². The summed E-state index contributed by atoms with van der Waals surface area (Å²) in [6, 6.07) is 5.87. The largest absolute Gasteiger partial charge is 0.486 e. The minimum absolute atomic E-state index is 0.134. The quantitative estimate of drug-likeness (QED) is 0.638. The van der Waals surface area contributed by atoms with Crippen LogP contribution in [0.3, 0.4) is 0 Å². The Labute approximate surface area is 117 Å². The highest BCUT2D eigenvalue weighted by molar-refractivity contribution is 5.39. The summed E-state index contributed by atoms with van der Waals surface area (Å²) < 4.78 is 32.0. The molecule has 0 aliphatic heterocycles. The predicted octanol–water partition coefficient (Wildman–Crippen LogP) is 2.72. The van der Waals surface area contributed by atoms with Crippen molar-refractivity contribution in [3.63, 3.8) is 0 Å². The van der Waals surface area contributed by atoms with E-state index in [9.17, 15) is 18.9 Å². The smallest absolute Gasteiger partial charge is 0.307 e. The highest BCUT2D eigenvalue weighted by Crippen LogP contribution is 2.26. The third kappa shape index (κ3) is 3.27. The highest BCUT2D eigenvalue weighted by atomic mass is 19.1. The molecular formula is C13H7F2N3O3. The van der Waals surface area contributed by atoms with Gasteiger partial charge in [0.25, 0.3) is 0 Å². The molecule has 0 spiro atoms. The van der Waals surface area contributed by atoms with Crippen LogP contribution in [0.4, 0.5) is 14.5 Å². The summed E-state index contributed by atoms with van der Waals surface area (Å²) in [5.74, 6) is -2.69. The van der Waals surface area contributed by atoms with Gasteiger partial charge in [0.15, 0.2) is 11.6 Å². The number of hydrogen-bond acceptors (Lipinski definition) is 5. The van der Waals surface area contributed by atoms with Crippen LogP contribution in [0.1, 0.15) is 11.3 Å². The summed E-state index contributed by atoms with van der Waals surface area (Å²) in [4.78, 5) is 13.2. The molecule has 0 radical (unpaired) electrons. The number of pyridine rings is 1. The molecule has 0 aliphatic rings. The molecule has 0 saturated carbocycles. The molecule has 0 fully saturated rings. The Hall–Kier alpha value is -3.08. The van der Waals surface area contributed by atoms with E-state index in [1.165, 1.54) is 12.3 Å². The summed E-state index contributed by atoms with van der Waals surface area (Å²) in [5.41, 5.74) is -0.276. The average Bonchev–Trinajstić information content (AvgIpc) is 2.47. The monoisotopic (exact) mass is 291 g/mol. The maximum absolute atomic E-state index is 13.6. The van der Waals surface area contributed by atoms with Crippen molar-refractivity contribution < 1.29 is 18.4 Å². The number of ether oxygens (including phenoxy) is 1. The maximum atomic E-state index is 13.6. The van der Waals surface area contributed by atoms with Crippen molar-refractivity contribution in [3.8, 4) is 11.8 Å². The molecular weight excluding hydrogens is 284 g/mol. The van der Waals surface area contributed by atoms with Crippen molar-refractivity contribution in [1.82, 2.24) is 4.98 Å². The second kappa shape index (κ2) is 5.92. The third-order valence-electron chi connectivity index (χ3n) is 2.53. The van der Waals surface area contributed by atoms with Gasteiger partial charge in [-0.25, -0.2) is 9.37 Å². The number of rotatable bonds is 4. The first-order valence-corrected chi connectivity index (χ1v) is 5.62. The van der Waals surface area contributed by atoms with Gasteiger partial charge in [0, 0.05) is 12.3 Å². The fraction of sp³-hybridized carbons (Fsp3) is 0.0769. The van der Waals surface area contributed by atoms with Gasteiger partial charge in [-0.05, 0) is 17.7 Å². The standard InChI is InChI=1S/C13H7F2N3O3/c14-10-5-13(11(15)4-12(10)18(19)20)21-7-8-1-2-17-9(3-8)6-16/h1-5H,7H2. The number of halogens is 2. The molecule has 0 bridgehead atoms. The molecule has 2 aromatic rings. The molecule has 0 unspecified atom stereocenters. The lowest BCUT2D eigenvalue weighted by Gasteiger charge is -2.07. The summed E-state index contributed by atoms with van der Waals surface area (Å²) in [6.45, 7) is -0.134. The first-order chi connectivity index (χ1) is 10.0. The molecule has 1 aromatic heterocycles. The van der Waals surface area contributed by atoms with Crippen LogP contribution in [0.25, 0.3) is 0 Å². The Balaban J connectivity index is 2.19. The zero-order valence-corrected chi connectivity index (χ0v) is 10.4. The number of aromatic nitrogens is 1. The molecule has 1 aromatic carbocycles. The van der Waals surface area contributed by atoms with E-state index in [4.69, 9.17) is 10.00 Å². The molecule has 1 heterocycles. The molecule has 0 amide bonds. The van der Waals surface area contributed by atoms with Gasteiger partial charge in [-0.1, -0.05) is 0 Å². The Bertz CT molecular complexity index is 744. The number of nitro benzene ring substituents is 1. The second-order valence-corrected chi connectivity index (χ2v) is 3.94. The van der Waals surface area contributed by atoms with E-state index in [2.05, 4.69) is 4.98 Å². The molecule has 0 saturated heterocycles. The first-order valence-electron chi connectivity index (χ1n) is 5.62. The molecule has 0 N–H and O–H groups in total. The summed E-state index contributed by atoms with van der Waals surface area (Å²) in [6.07, 6.45) is 1.38. The molecule has 8 heteroatoms. The lowest BCUT2D eigenvalue weighted by atomic mass is 10.2. The Morgan fingerprint density at radius 2 is 2.10 bits per heavy atom. The third-order valence-corrected chi connectivity index (χ3v) is 2.53. The Kier molecular flexibility index (Phi) is 4.04. The molecule has 2 rings (SSSR count). The predicted molar refractivity (Wildman–Crippen MR) is 66.3 cm³/mol. The summed E-state index contributed by atoms with van der Waals surface area (Å²) in [5, 5.41) is 19.1. The SMILES string of the molecule is N#Cc1cc(COc2cc(F)c([N+](=O)[O-])cc2F)ccn1. The molecule has 21 heavy (non-hydrogen) atoms. The van der Waals surface area contributed by atoms with Crippen LogP contribution in [-0.2, 0) is 6.61 Å². The number of nitriles is 1. The normalized spacial score (nSPS) is 9.95. The first kappa shape index (κ1) is 14.3. The van der Waals surface area contributed by atoms with Crippen molar-refractivity contribution in [3.05, 3.63) is 63.5 Å². The Morgan fingerprint density at radius 1 is 1.33 bits per heavy atom. The Morgan fingerprint density at radius 3 is 2.76 bits per heavy atom. The van der Waals surface area contributed by atoms with Crippen LogP contribution in [0, 0.1) is 33.1 Å². The van der Waals surface area contributed by atoms with Crippen molar-refractivity contribution in [2.24, 2.45) is 0 Å². The number of benzene rings is 1. The molecule has 106 valence electrons. The van der Waals surface area contributed by atoms with Gasteiger partial charge < -0.3 is 4.74 Å². The summed E-state index contributed by atoms with van der Waals surface area (Å²) in [7, 11) is 0. The fourth-order valence-corrected chi connectivity index (χ4v) is 1.55. The van der Waals surface area contributed by atoms with Gasteiger partial charge in [-0.15, -0.1) is 0 Å². The topological polar surface area (TPSA) is 89.0 Å². The van der Waals surface area contributed by atoms with Gasteiger partial charge in [0.05, 0.1) is 11.0 Å². The number of hydrogen-bond donors (Lipinski definition) is 0. The van der Waals surface area contributed by atoms with Crippen molar-refractivity contribution in [2.45, 2.75) is 6.61 Å². The van der Waals surface area contributed by atoms with E-state index >= 15 is 0 Å². The van der Waals surface area contributed by atoms with E-state index in [1.54, 1.807) is 6.07 Å². The van der Waals surface area contributed by atoms with Crippen molar-refractivity contribution >= 4 is 5.69 Å². The summed E-state index contributed by atoms with van der Waals surface area (Å²) >= 11 is 0. The zero-order valence-electron chi connectivity index (χ0n) is 10.4. The minimum Gasteiger partial charge on any atom is -0.486 e. The second-order valence-electron chi connectivity index (χ2n) is 3.94. The van der Waals surface area contributed by atoms with E-state index in [0.717, 1.165) is 0 Å². The van der Waals surface area contributed by atoms with Crippen molar-refractivity contribution in [1.29, 1.82) is 5.26 Å². The van der Waals surface area contributed by atoms with Crippen LogP contribution in [0.5, 0.6) is 5.75 Å². The highest BCUT2D eigenvalue weighted by Gasteiger charge is 2.19. The minimum atomic E-state index is -1.19. The maximum Gasteiger partial charge on any atom is 0.307 e. The van der Waals surface area contributed by atoms with Gasteiger partial charge >= 0.3 is 5.69 Å². The van der Waals surface area contributed by atoms with Gasteiger partial charge in [0.2, 0.25) is 5.82 Å².